The molecule has 1 aliphatic rings. The summed E-state index contributed by atoms with van der Waals surface area (Å²) in [6.45, 7) is 5.55. The summed E-state index contributed by atoms with van der Waals surface area (Å²) in [5.74, 6) is 0.613. The first-order valence-electron chi connectivity index (χ1n) is 8.58. The van der Waals surface area contributed by atoms with Crippen molar-refractivity contribution in [2.75, 3.05) is 19.8 Å². The van der Waals surface area contributed by atoms with Crippen LogP contribution >= 0.6 is 0 Å². The van der Waals surface area contributed by atoms with E-state index in [-0.39, 0.29) is 17.5 Å². The van der Waals surface area contributed by atoms with E-state index in [0.717, 1.165) is 5.56 Å². The fourth-order valence-corrected chi connectivity index (χ4v) is 3.11. The number of nitrogens with zero attached hydrogens (tertiary/aromatic N) is 2. The van der Waals surface area contributed by atoms with Gasteiger partial charge in [-0.15, -0.1) is 0 Å². The maximum absolute atomic E-state index is 12.4. The highest BCUT2D eigenvalue weighted by Gasteiger charge is 2.23. The van der Waals surface area contributed by atoms with Gasteiger partial charge in [-0.3, -0.25) is 9.59 Å². The maximum atomic E-state index is 12.4. The number of amides is 1. The molecule has 2 heterocycles. The van der Waals surface area contributed by atoms with Gasteiger partial charge in [0.1, 0.15) is 5.82 Å². The Kier molecular flexibility index (Phi) is 5.28. The zero-order valence-electron chi connectivity index (χ0n) is 14.6. The molecular formula is C19H23N3O3. The number of carbonyl (C=O) groups excluding carboxylic acids is 1. The molecule has 1 unspecified atom stereocenters. The quantitative estimate of drug-likeness (QED) is 0.922. The first-order valence-corrected chi connectivity index (χ1v) is 8.58. The van der Waals surface area contributed by atoms with Gasteiger partial charge in [-0.2, -0.15) is 0 Å². The molecule has 2 aromatic rings. The van der Waals surface area contributed by atoms with E-state index in [1.54, 1.807) is 0 Å². The van der Waals surface area contributed by atoms with Crippen LogP contribution in [-0.2, 0) is 16.0 Å². The lowest BCUT2D eigenvalue weighted by molar-refractivity contribution is -0.139. The summed E-state index contributed by atoms with van der Waals surface area (Å²) in [6.07, 6.45) is 0.701. The Morgan fingerprint density at radius 3 is 2.80 bits per heavy atom. The molecule has 25 heavy (non-hydrogen) atoms. The van der Waals surface area contributed by atoms with E-state index >= 15 is 0 Å². The third kappa shape index (κ3) is 3.96. The summed E-state index contributed by atoms with van der Waals surface area (Å²) >= 11 is 0. The molecule has 1 N–H and O–H groups in total. The Balaban J connectivity index is 1.73. The van der Waals surface area contributed by atoms with Crippen molar-refractivity contribution in [3.63, 3.8) is 0 Å². The van der Waals surface area contributed by atoms with Crippen molar-refractivity contribution >= 4 is 5.91 Å². The number of benzene rings is 1. The van der Waals surface area contributed by atoms with Gasteiger partial charge in [-0.05, 0) is 20.3 Å². The lowest BCUT2D eigenvalue weighted by Gasteiger charge is -2.33. The van der Waals surface area contributed by atoms with Crippen LogP contribution in [0.25, 0.3) is 11.4 Å². The van der Waals surface area contributed by atoms with Crippen LogP contribution in [0.15, 0.2) is 35.1 Å². The molecule has 0 aliphatic carbocycles. The van der Waals surface area contributed by atoms with Gasteiger partial charge in [0.15, 0.2) is 0 Å². The van der Waals surface area contributed by atoms with Crippen LogP contribution in [0.2, 0.25) is 0 Å². The third-order valence-corrected chi connectivity index (χ3v) is 4.55. The van der Waals surface area contributed by atoms with Crippen molar-refractivity contribution in [3.8, 4) is 11.4 Å². The van der Waals surface area contributed by atoms with Gasteiger partial charge in [0, 0.05) is 29.8 Å². The van der Waals surface area contributed by atoms with Crippen LogP contribution in [0.4, 0.5) is 0 Å². The van der Waals surface area contributed by atoms with Crippen molar-refractivity contribution in [3.05, 3.63) is 51.9 Å². The molecule has 1 fully saturated rings. The Morgan fingerprint density at radius 2 is 2.12 bits per heavy atom. The highest BCUT2D eigenvalue weighted by Crippen LogP contribution is 2.15. The smallest absolute Gasteiger partial charge is 0.254 e. The standard InChI is InChI=1S/C19H23N3O3/c1-13-12-25-11-10-22(13)17(23)9-8-16-14(2)20-18(21-19(16)24)15-6-4-3-5-7-15/h3-7,13H,8-12H2,1-2H3,(H,20,21,24). The predicted octanol–water partition coefficient (Wildman–Crippen LogP) is 1.93. The largest absolute Gasteiger partial charge is 0.377 e. The first-order chi connectivity index (χ1) is 12.1. The number of aromatic amines is 1. The van der Waals surface area contributed by atoms with Gasteiger partial charge >= 0.3 is 0 Å². The summed E-state index contributed by atoms with van der Waals surface area (Å²) < 4.78 is 5.36. The first kappa shape index (κ1) is 17.4. The Labute approximate surface area is 146 Å². The molecular weight excluding hydrogens is 318 g/mol. The number of aromatic nitrogens is 2. The van der Waals surface area contributed by atoms with Crippen LogP contribution in [0.1, 0.15) is 24.6 Å². The third-order valence-electron chi connectivity index (χ3n) is 4.55. The number of morpholine rings is 1. The lowest BCUT2D eigenvalue weighted by atomic mass is 10.1. The second kappa shape index (κ2) is 7.61. The second-order valence-corrected chi connectivity index (χ2v) is 6.36. The number of rotatable bonds is 4. The Bertz CT molecular complexity index is 801. The SMILES string of the molecule is Cc1nc(-c2ccccc2)[nH]c(=O)c1CCC(=O)N1CCOCC1C. The van der Waals surface area contributed by atoms with E-state index in [4.69, 9.17) is 4.74 Å². The average Bonchev–Trinajstić information content (AvgIpc) is 2.62. The molecule has 6 nitrogen and oxygen atoms in total. The molecule has 1 aromatic carbocycles. The summed E-state index contributed by atoms with van der Waals surface area (Å²) in [6, 6.07) is 9.61. The van der Waals surface area contributed by atoms with E-state index < -0.39 is 0 Å². The highest BCUT2D eigenvalue weighted by atomic mass is 16.5. The van der Waals surface area contributed by atoms with Crippen molar-refractivity contribution < 1.29 is 9.53 Å². The van der Waals surface area contributed by atoms with Crippen LogP contribution < -0.4 is 5.56 Å². The summed E-state index contributed by atoms with van der Waals surface area (Å²) in [5, 5.41) is 0. The van der Waals surface area contributed by atoms with E-state index in [2.05, 4.69) is 9.97 Å². The van der Waals surface area contributed by atoms with Gasteiger partial charge in [0.25, 0.3) is 5.56 Å². The average molecular weight is 341 g/mol. The molecule has 1 saturated heterocycles. The van der Waals surface area contributed by atoms with Gasteiger partial charge < -0.3 is 14.6 Å². The maximum Gasteiger partial charge on any atom is 0.254 e. The molecule has 132 valence electrons. The van der Waals surface area contributed by atoms with Gasteiger partial charge in [0.05, 0.1) is 19.3 Å². The Hall–Kier alpha value is -2.47. The number of aryl methyl sites for hydroxylation is 1. The zero-order chi connectivity index (χ0) is 17.8. The monoisotopic (exact) mass is 341 g/mol. The minimum atomic E-state index is -0.172. The molecule has 1 aromatic heterocycles. The molecule has 3 rings (SSSR count). The van der Waals surface area contributed by atoms with Crippen molar-refractivity contribution in [1.29, 1.82) is 0 Å². The second-order valence-electron chi connectivity index (χ2n) is 6.36. The van der Waals surface area contributed by atoms with Gasteiger partial charge in [0.2, 0.25) is 5.91 Å². The van der Waals surface area contributed by atoms with Gasteiger partial charge in [-0.25, -0.2) is 4.98 Å². The molecule has 1 amide bonds. The number of H-pyrrole nitrogens is 1. The van der Waals surface area contributed by atoms with Crippen molar-refractivity contribution in [2.45, 2.75) is 32.7 Å². The molecule has 6 heteroatoms. The van der Waals surface area contributed by atoms with Gasteiger partial charge in [-0.1, -0.05) is 30.3 Å². The Morgan fingerprint density at radius 1 is 1.36 bits per heavy atom. The lowest BCUT2D eigenvalue weighted by Crippen LogP contribution is -2.47. The van der Waals surface area contributed by atoms with Crippen LogP contribution in [0.3, 0.4) is 0 Å². The van der Waals surface area contributed by atoms with E-state index in [1.807, 2.05) is 49.1 Å². The fourth-order valence-electron chi connectivity index (χ4n) is 3.11. The summed E-state index contributed by atoms with van der Waals surface area (Å²) in [5.41, 5.74) is 1.95. The normalized spacial score (nSPS) is 17.5. The number of ether oxygens (including phenoxy) is 1. The van der Waals surface area contributed by atoms with Crippen LogP contribution in [0.5, 0.6) is 0 Å². The van der Waals surface area contributed by atoms with Crippen molar-refractivity contribution in [2.24, 2.45) is 0 Å². The van der Waals surface area contributed by atoms with E-state index in [1.165, 1.54) is 0 Å². The molecule has 0 spiro atoms. The van der Waals surface area contributed by atoms with Crippen LogP contribution in [0, 0.1) is 6.92 Å². The molecule has 0 saturated carbocycles. The fraction of sp³-hybridized carbons (Fsp3) is 0.421. The number of carbonyl (C=O) groups is 1. The number of nitrogens with one attached hydrogen (secondary N) is 1. The van der Waals surface area contributed by atoms with Crippen molar-refractivity contribution in [1.82, 2.24) is 14.9 Å². The number of hydrogen-bond donors (Lipinski definition) is 1. The summed E-state index contributed by atoms with van der Waals surface area (Å²) in [4.78, 5) is 34.1. The van der Waals surface area contributed by atoms with E-state index in [0.29, 0.717) is 49.7 Å². The van der Waals surface area contributed by atoms with Crippen LogP contribution in [-0.4, -0.2) is 46.6 Å². The van der Waals surface area contributed by atoms with E-state index in [9.17, 15) is 9.59 Å². The molecule has 1 aliphatic heterocycles. The molecule has 0 bridgehead atoms. The predicted molar refractivity (Wildman–Crippen MR) is 95.3 cm³/mol. The minimum Gasteiger partial charge on any atom is -0.377 e. The highest BCUT2D eigenvalue weighted by molar-refractivity contribution is 5.77. The molecule has 1 atom stereocenters. The molecule has 0 radical (unpaired) electrons. The summed E-state index contributed by atoms with van der Waals surface area (Å²) in [7, 11) is 0. The minimum absolute atomic E-state index is 0.0572. The zero-order valence-corrected chi connectivity index (χ0v) is 14.6. The topological polar surface area (TPSA) is 75.3 Å². The number of hydrogen-bond acceptors (Lipinski definition) is 4.